The van der Waals surface area contributed by atoms with Gasteiger partial charge in [0.15, 0.2) is 6.61 Å². The fraction of sp³-hybridized carbons (Fsp3) is 0.429. The van der Waals surface area contributed by atoms with Crippen LogP contribution in [-0.2, 0) is 19.6 Å². The fourth-order valence-electron chi connectivity index (χ4n) is 2.68. The minimum atomic E-state index is -3.69. The Labute approximate surface area is 143 Å². The van der Waals surface area contributed by atoms with Crippen molar-refractivity contribution in [3.05, 3.63) is 18.2 Å². The number of rotatable bonds is 4. The molecule has 126 valence electrons. The van der Waals surface area contributed by atoms with E-state index in [1.54, 1.807) is 18.2 Å². The predicted molar refractivity (Wildman–Crippen MR) is 85.5 cm³/mol. The average molecular weight is 366 g/mol. The second-order valence-corrected chi connectivity index (χ2v) is 7.77. The molecule has 0 N–H and O–H groups in total. The van der Waals surface area contributed by atoms with E-state index in [2.05, 4.69) is 8.75 Å². The number of nitrogens with zero attached hydrogens (tertiary/aromatic N) is 4. The van der Waals surface area contributed by atoms with E-state index in [4.69, 9.17) is 10.00 Å². The van der Waals surface area contributed by atoms with Crippen molar-refractivity contribution in [1.82, 2.24) is 13.1 Å². The molecule has 2 aromatic rings. The Hall–Kier alpha value is -2.09. The number of piperidine rings is 1. The molecular weight excluding hydrogens is 352 g/mol. The summed E-state index contributed by atoms with van der Waals surface area (Å²) in [6.07, 6.45) is 0.740. The Bertz CT molecular complexity index is 895. The molecule has 1 aromatic carbocycles. The largest absolute Gasteiger partial charge is 0.450 e. The number of sulfonamides is 1. The number of hydrogen-bond donors (Lipinski definition) is 0. The van der Waals surface area contributed by atoms with Crippen LogP contribution in [-0.4, -0.2) is 47.1 Å². The highest BCUT2D eigenvalue weighted by molar-refractivity contribution is 7.89. The first-order valence-electron chi connectivity index (χ1n) is 7.29. The van der Waals surface area contributed by atoms with Gasteiger partial charge in [-0.3, -0.25) is 4.79 Å². The van der Waals surface area contributed by atoms with Gasteiger partial charge in [-0.05, 0) is 25.0 Å². The van der Waals surface area contributed by atoms with Crippen molar-refractivity contribution >= 4 is 38.8 Å². The number of hydrogen-bond acceptors (Lipinski definition) is 8. The highest BCUT2D eigenvalue weighted by Gasteiger charge is 2.34. The molecule has 0 saturated carbocycles. The maximum Gasteiger partial charge on any atom is 0.310 e. The van der Waals surface area contributed by atoms with Crippen LogP contribution in [0.15, 0.2) is 23.1 Å². The summed E-state index contributed by atoms with van der Waals surface area (Å²) in [5.74, 6) is -0.819. The molecule has 0 amide bonds. The van der Waals surface area contributed by atoms with Crippen LogP contribution in [0.1, 0.15) is 12.8 Å². The normalized spacial score (nSPS) is 16.8. The minimum Gasteiger partial charge on any atom is -0.450 e. The Morgan fingerprint density at radius 2 is 2.12 bits per heavy atom. The van der Waals surface area contributed by atoms with Gasteiger partial charge in [0.05, 0.1) is 17.6 Å². The van der Waals surface area contributed by atoms with E-state index in [1.807, 2.05) is 0 Å². The molecule has 2 heterocycles. The third-order valence-electron chi connectivity index (χ3n) is 3.93. The molecule has 0 aliphatic carbocycles. The number of ether oxygens (including phenoxy) is 1. The topological polar surface area (TPSA) is 113 Å². The smallest absolute Gasteiger partial charge is 0.310 e. The summed E-state index contributed by atoms with van der Waals surface area (Å²) in [7, 11) is -3.69. The second-order valence-electron chi connectivity index (χ2n) is 5.33. The lowest BCUT2D eigenvalue weighted by molar-refractivity contribution is -0.148. The predicted octanol–water partition coefficient (Wildman–Crippen LogP) is 1.16. The van der Waals surface area contributed by atoms with Crippen LogP contribution in [0, 0.1) is 17.2 Å². The third-order valence-corrected chi connectivity index (χ3v) is 6.41. The summed E-state index contributed by atoms with van der Waals surface area (Å²) in [6, 6.07) is 6.62. The summed E-state index contributed by atoms with van der Waals surface area (Å²) >= 11 is 0.971. The molecule has 0 atom stereocenters. The van der Waals surface area contributed by atoms with Crippen molar-refractivity contribution in [2.24, 2.45) is 5.92 Å². The van der Waals surface area contributed by atoms with E-state index >= 15 is 0 Å². The number of carbonyl (C=O) groups is 1. The molecule has 1 aliphatic rings. The Kier molecular flexibility index (Phi) is 4.75. The number of carbonyl (C=O) groups excluding carboxylic acids is 1. The summed E-state index contributed by atoms with van der Waals surface area (Å²) in [5, 5.41) is 8.43. The van der Waals surface area contributed by atoms with Crippen molar-refractivity contribution in [2.75, 3.05) is 19.7 Å². The van der Waals surface area contributed by atoms with E-state index < -0.39 is 16.0 Å². The van der Waals surface area contributed by atoms with E-state index in [1.165, 1.54) is 10.4 Å². The van der Waals surface area contributed by atoms with Gasteiger partial charge in [0.2, 0.25) is 10.0 Å². The first-order chi connectivity index (χ1) is 11.5. The lowest BCUT2D eigenvalue weighted by atomic mass is 9.98. The van der Waals surface area contributed by atoms with Gasteiger partial charge in [-0.1, -0.05) is 6.07 Å². The van der Waals surface area contributed by atoms with Crippen LogP contribution < -0.4 is 0 Å². The minimum absolute atomic E-state index is 0.138. The number of nitriles is 1. The zero-order chi connectivity index (χ0) is 17.2. The van der Waals surface area contributed by atoms with Gasteiger partial charge < -0.3 is 4.74 Å². The molecule has 10 heteroatoms. The summed E-state index contributed by atoms with van der Waals surface area (Å²) in [4.78, 5) is 11.9. The molecule has 0 radical (unpaired) electrons. The van der Waals surface area contributed by atoms with Crippen molar-refractivity contribution in [1.29, 1.82) is 5.26 Å². The Morgan fingerprint density at radius 3 is 2.83 bits per heavy atom. The van der Waals surface area contributed by atoms with Gasteiger partial charge >= 0.3 is 5.97 Å². The number of benzene rings is 1. The van der Waals surface area contributed by atoms with Gasteiger partial charge in [0.25, 0.3) is 0 Å². The van der Waals surface area contributed by atoms with Gasteiger partial charge in [0.1, 0.15) is 22.0 Å². The quantitative estimate of drug-likeness (QED) is 0.746. The lowest BCUT2D eigenvalue weighted by Crippen LogP contribution is -2.40. The van der Waals surface area contributed by atoms with Crippen molar-refractivity contribution in [3.8, 4) is 6.07 Å². The highest BCUT2D eigenvalue weighted by atomic mass is 32.2. The maximum absolute atomic E-state index is 12.9. The van der Waals surface area contributed by atoms with Gasteiger partial charge in [-0.25, -0.2) is 8.42 Å². The molecule has 1 saturated heterocycles. The van der Waals surface area contributed by atoms with E-state index in [9.17, 15) is 13.2 Å². The number of esters is 1. The molecule has 1 fully saturated rings. The standard InChI is InChI=1S/C14H14N4O4S2/c15-6-9-22-14(19)10-4-7-18(8-5-10)24(20,21)12-3-1-2-11-13(12)17-23-16-11/h1-3,10H,4-5,7-9H2. The molecular formula is C14H14N4O4S2. The van der Waals surface area contributed by atoms with Crippen molar-refractivity contribution in [3.63, 3.8) is 0 Å². The molecule has 0 unspecified atom stereocenters. The Balaban J connectivity index is 1.75. The van der Waals surface area contributed by atoms with Gasteiger partial charge in [0, 0.05) is 13.1 Å². The summed E-state index contributed by atoms with van der Waals surface area (Å²) in [6.45, 7) is 0.168. The Morgan fingerprint density at radius 1 is 1.38 bits per heavy atom. The average Bonchev–Trinajstić information content (AvgIpc) is 3.08. The van der Waals surface area contributed by atoms with Crippen molar-refractivity contribution < 1.29 is 17.9 Å². The molecule has 0 bridgehead atoms. The first kappa shape index (κ1) is 16.8. The molecule has 0 spiro atoms. The molecule has 3 rings (SSSR count). The third kappa shape index (κ3) is 3.10. The van der Waals surface area contributed by atoms with Crippen LogP contribution in [0.3, 0.4) is 0 Å². The van der Waals surface area contributed by atoms with Crippen molar-refractivity contribution in [2.45, 2.75) is 17.7 Å². The van der Waals surface area contributed by atoms with Crippen LogP contribution in [0.25, 0.3) is 11.0 Å². The molecule has 24 heavy (non-hydrogen) atoms. The SMILES string of the molecule is N#CCOC(=O)C1CCN(S(=O)(=O)c2cccc3nsnc23)CC1. The van der Waals surface area contributed by atoms with E-state index in [-0.39, 0.29) is 30.5 Å². The summed E-state index contributed by atoms with van der Waals surface area (Å²) < 4.78 is 40.0. The number of aromatic nitrogens is 2. The van der Waals surface area contributed by atoms with Crippen LogP contribution in [0.5, 0.6) is 0 Å². The fourth-order valence-corrected chi connectivity index (χ4v) is 4.90. The highest BCUT2D eigenvalue weighted by Crippen LogP contribution is 2.28. The van der Waals surface area contributed by atoms with Gasteiger partial charge in [-0.15, -0.1) is 0 Å². The monoisotopic (exact) mass is 366 g/mol. The van der Waals surface area contributed by atoms with E-state index in [0.29, 0.717) is 23.9 Å². The molecule has 1 aromatic heterocycles. The van der Waals surface area contributed by atoms with Crippen LogP contribution >= 0.6 is 11.7 Å². The van der Waals surface area contributed by atoms with E-state index in [0.717, 1.165) is 11.7 Å². The molecule has 1 aliphatic heterocycles. The first-order valence-corrected chi connectivity index (χ1v) is 9.46. The number of fused-ring (bicyclic) bond motifs is 1. The molecule has 8 nitrogen and oxygen atoms in total. The van der Waals surface area contributed by atoms with Gasteiger partial charge in [-0.2, -0.15) is 18.3 Å². The summed E-state index contributed by atoms with van der Waals surface area (Å²) in [5.41, 5.74) is 0.925. The lowest BCUT2D eigenvalue weighted by Gasteiger charge is -2.29. The van der Waals surface area contributed by atoms with Crippen LogP contribution in [0.4, 0.5) is 0 Å². The maximum atomic E-state index is 12.9. The zero-order valence-corrected chi connectivity index (χ0v) is 14.2. The zero-order valence-electron chi connectivity index (χ0n) is 12.6. The second kappa shape index (κ2) is 6.80. The van der Waals surface area contributed by atoms with Crippen LogP contribution in [0.2, 0.25) is 0 Å².